The smallest absolute Gasteiger partial charge is 0.410 e. The summed E-state index contributed by atoms with van der Waals surface area (Å²) in [5.41, 5.74) is 0.930. The largest absolute Gasteiger partial charge is 0.492 e. The predicted octanol–water partition coefficient (Wildman–Crippen LogP) is 2.54. The van der Waals surface area contributed by atoms with Crippen molar-refractivity contribution in [2.75, 3.05) is 39.8 Å². The number of ether oxygens (including phenoxy) is 2. The zero-order chi connectivity index (χ0) is 16.3. The van der Waals surface area contributed by atoms with Crippen molar-refractivity contribution in [3.8, 4) is 5.75 Å². The van der Waals surface area contributed by atoms with Crippen LogP contribution in [0.1, 0.15) is 25.3 Å². The van der Waals surface area contributed by atoms with Crippen molar-refractivity contribution in [3.63, 3.8) is 0 Å². The Balaban J connectivity index is 1.52. The van der Waals surface area contributed by atoms with Crippen LogP contribution in [-0.2, 0) is 11.2 Å². The third-order valence-electron chi connectivity index (χ3n) is 4.78. The Labute approximate surface area is 138 Å². The Morgan fingerprint density at radius 3 is 2.87 bits per heavy atom. The fraction of sp³-hybridized carbons (Fsp3) is 0.611. The lowest BCUT2D eigenvalue weighted by atomic mass is 9.93. The number of para-hydroxylation sites is 1. The number of benzene rings is 1. The number of carbonyl (C=O) groups excluding carboxylic acids is 1. The van der Waals surface area contributed by atoms with Gasteiger partial charge in [-0.05, 0) is 37.4 Å². The molecule has 1 atom stereocenters. The summed E-state index contributed by atoms with van der Waals surface area (Å²) < 4.78 is 11.6. The van der Waals surface area contributed by atoms with Crippen molar-refractivity contribution in [1.29, 1.82) is 0 Å². The van der Waals surface area contributed by atoms with Gasteiger partial charge in [-0.1, -0.05) is 25.1 Å². The van der Waals surface area contributed by atoms with Crippen LogP contribution >= 0.6 is 0 Å². The van der Waals surface area contributed by atoms with Gasteiger partial charge in [0.15, 0.2) is 0 Å². The van der Waals surface area contributed by atoms with E-state index in [-0.39, 0.29) is 11.7 Å². The number of carbonyl (C=O) groups is 1. The molecular weight excluding hydrogens is 292 g/mol. The monoisotopic (exact) mass is 318 g/mol. The second kappa shape index (κ2) is 6.79. The zero-order valence-corrected chi connectivity index (χ0v) is 14.1. The summed E-state index contributed by atoms with van der Waals surface area (Å²) in [6.07, 6.45) is 2.80. The van der Waals surface area contributed by atoms with E-state index in [1.54, 1.807) is 11.9 Å². The average molecular weight is 318 g/mol. The maximum Gasteiger partial charge on any atom is 0.410 e. The van der Waals surface area contributed by atoms with E-state index >= 15 is 0 Å². The summed E-state index contributed by atoms with van der Waals surface area (Å²) in [6, 6.07) is 8.20. The molecule has 2 aliphatic rings. The van der Waals surface area contributed by atoms with Crippen LogP contribution in [-0.4, -0.2) is 61.3 Å². The Kier molecular flexibility index (Phi) is 4.76. The maximum absolute atomic E-state index is 11.7. The highest BCUT2D eigenvalue weighted by molar-refractivity contribution is 5.70. The summed E-state index contributed by atoms with van der Waals surface area (Å²) in [7, 11) is 1.81. The van der Waals surface area contributed by atoms with E-state index in [4.69, 9.17) is 9.47 Å². The SMILES string of the molecule is CCc1ccccc1OCCN1CCC[C@@]2(C1)CN(C)C(=O)O2. The Hall–Kier alpha value is -1.75. The lowest BCUT2D eigenvalue weighted by Crippen LogP contribution is -2.51. The first-order chi connectivity index (χ1) is 11.1. The summed E-state index contributed by atoms with van der Waals surface area (Å²) in [6.45, 7) is 6.21. The minimum atomic E-state index is -0.314. The van der Waals surface area contributed by atoms with Gasteiger partial charge < -0.3 is 14.4 Å². The van der Waals surface area contributed by atoms with E-state index in [2.05, 4.69) is 17.9 Å². The molecule has 126 valence electrons. The summed E-state index contributed by atoms with van der Waals surface area (Å²) in [4.78, 5) is 15.7. The number of amides is 1. The van der Waals surface area contributed by atoms with E-state index in [1.165, 1.54) is 5.56 Å². The number of aryl methyl sites for hydroxylation is 1. The van der Waals surface area contributed by atoms with Crippen molar-refractivity contribution in [2.24, 2.45) is 0 Å². The van der Waals surface area contributed by atoms with Crippen LogP contribution in [0.2, 0.25) is 0 Å². The molecule has 1 amide bonds. The summed E-state index contributed by atoms with van der Waals surface area (Å²) in [5.74, 6) is 0.980. The highest BCUT2D eigenvalue weighted by Gasteiger charge is 2.46. The topological polar surface area (TPSA) is 42.0 Å². The molecule has 3 rings (SSSR count). The van der Waals surface area contributed by atoms with E-state index in [0.717, 1.165) is 44.6 Å². The van der Waals surface area contributed by atoms with Gasteiger partial charge in [-0.25, -0.2) is 4.79 Å². The fourth-order valence-corrected chi connectivity index (χ4v) is 3.61. The van der Waals surface area contributed by atoms with Crippen LogP contribution in [0, 0.1) is 0 Å². The molecule has 0 N–H and O–H groups in total. The Morgan fingerprint density at radius 1 is 1.30 bits per heavy atom. The van der Waals surface area contributed by atoms with Gasteiger partial charge in [0.25, 0.3) is 0 Å². The number of likely N-dealkylation sites (N-methyl/N-ethyl adjacent to an activating group) is 1. The molecule has 0 saturated carbocycles. The normalized spacial score (nSPS) is 25.0. The number of piperidine rings is 1. The molecule has 5 nitrogen and oxygen atoms in total. The molecule has 0 radical (unpaired) electrons. The summed E-state index contributed by atoms with van der Waals surface area (Å²) >= 11 is 0. The Morgan fingerprint density at radius 2 is 2.13 bits per heavy atom. The molecule has 23 heavy (non-hydrogen) atoms. The molecular formula is C18H26N2O3. The van der Waals surface area contributed by atoms with Crippen molar-refractivity contribution in [2.45, 2.75) is 31.8 Å². The van der Waals surface area contributed by atoms with Gasteiger partial charge in [-0.15, -0.1) is 0 Å². The van der Waals surface area contributed by atoms with Crippen molar-refractivity contribution in [1.82, 2.24) is 9.80 Å². The molecule has 2 saturated heterocycles. The van der Waals surface area contributed by atoms with Gasteiger partial charge in [0.1, 0.15) is 18.0 Å². The molecule has 0 aliphatic carbocycles. The minimum Gasteiger partial charge on any atom is -0.492 e. The van der Waals surface area contributed by atoms with Gasteiger partial charge in [0, 0.05) is 20.1 Å². The Bertz CT molecular complexity index is 563. The van der Waals surface area contributed by atoms with Gasteiger partial charge in [0.2, 0.25) is 0 Å². The van der Waals surface area contributed by atoms with Crippen molar-refractivity contribution >= 4 is 6.09 Å². The van der Waals surface area contributed by atoms with Gasteiger partial charge >= 0.3 is 6.09 Å². The molecule has 2 fully saturated rings. The number of hydrogen-bond acceptors (Lipinski definition) is 4. The predicted molar refractivity (Wildman–Crippen MR) is 88.8 cm³/mol. The lowest BCUT2D eigenvalue weighted by molar-refractivity contribution is -0.0117. The third kappa shape index (κ3) is 3.61. The van der Waals surface area contributed by atoms with Gasteiger partial charge in [-0.2, -0.15) is 0 Å². The van der Waals surface area contributed by atoms with Crippen LogP contribution in [0.4, 0.5) is 4.79 Å². The molecule has 1 aromatic carbocycles. The van der Waals surface area contributed by atoms with E-state index in [1.807, 2.05) is 18.2 Å². The highest BCUT2D eigenvalue weighted by atomic mass is 16.6. The minimum absolute atomic E-state index is 0.194. The molecule has 0 unspecified atom stereocenters. The van der Waals surface area contributed by atoms with Gasteiger partial charge in [0.05, 0.1) is 6.54 Å². The number of nitrogens with zero attached hydrogens (tertiary/aromatic N) is 2. The molecule has 0 bridgehead atoms. The van der Waals surface area contributed by atoms with Crippen LogP contribution in [0.5, 0.6) is 5.75 Å². The third-order valence-corrected chi connectivity index (χ3v) is 4.78. The lowest BCUT2D eigenvalue weighted by Gasteiger charge is -2.38. The molecule has 5 heteroatoms. The van der Waals surface area contributed by atoms with E-state index in [9.17, 15) is 4.79 Å². The van der Waals surface area contributed by atoms with Crippen molar-refractivity contribution < 1.29 is 14.3 Å². The standard InChI is InChI=1S/C18H26N2O3/c1-3-15-7-4-5-8-16(15)22-12-11-20-10-6-9-18(14-20)13-19(2)17(21)23-18/h4-5,7-8H,3,6,9-14H2,1-2H3/t18-/m0/s1. The van der Waals surface area contributed by atoms with Crippen LogP contribution in [0.15, 0.2) is 24.3 Å². The molecule has 1 spiro atoms. The molecule has 0 aromatic heterocycles. The second-order valence-electron chi connectivity index (χ2n) is 6.60. The van der Waals surface area contributed by atoms with Crippen molar-refractivity contribution in [3.05, 3.63) is 29.8 Å². The quantitative estimate of drug-likeness (QED) is 0.837. The first-order valence-electron chi connectivity index (χ1n) is 8.49. The average Bonchev–Trinajstić information content (AvgIpc) is 2.81. The molecule has 2 heterocycles. The molecule has 2 aliphatic heterocycles. The number of hydrogen-bond donors (Lipinski definition) is 0. The van der Waals surface area contributed by atoms with Gasteiger partial charge in [-0.3, -0.25) is 4.90 Å². The molecule has 1 aromatic rings. The highest BCUT2D eigenvalue weighted by Crippen LogP contribution is 2.31. The van der Waals surface area contributed by atoms with Crippen LogP contribution < -0.4 is 4.74 Å². The number of rotatable bonds is 5. The number of likely N-dealkylation sites (tertiary alicyclic amines) is 1. The van der Waals surface area contributed by atoms with Crippen LogP contribution in [0.25, 0.3) is 0 Å². The van der Waals surface area contributed by atoms with Crippen LogP contribution in [0.3, 0.4) is 0 Å². The second-order valence-corrected chi connectivity index (χ2v) is 6.60. The maximum atomic E-state index is 11.7. The first kappa shape index (κ1) is 16.1. The van der Waals surface area contributed by atoms with E-state index < -0.39 is 0 Å². The van der Waals surface area contributed by atoms with E-state index in [0.29, 0.717) is 13.2 Å². The summed E-state index contributed by atoms with van der Waals surface area (Å²) in [5, 5.41) is 0. The first-order valence-corrected chi connectivity index (χ1v) is 8.49. The fourth-order valence-electron chi connectivity index (χ4n) is 3.61. The zero-order valence-electron chi connectivity index (χ0n) is 14.1.